The summed E-state index contributed by atoms with van der Waals surface area (Å²) in [5.41, 5.74) is 9.49. The zero-order valence-corrected chi connectivity index (χ0v) is 21.5. The summed E-state index contributed by atoms with van der Waals surface area (Å²) < 4.78 is 0. The molecule has 1 unspecified atom stereocenters. The van der Waals surface area contributed by atoms with Gasteiger partial charge in [0.15, 0.2) is 5.78 Å². The molecule has 1 atom stereocenters. The SMILES string of the molecule is C=C/C(=C\N=C(C)C(C)c1cc(C(C)=O)ccc1C1(CC)CC1)c1cc(C(C)C)ccc1C. The highest BCUT2D eigenvalue weighted by Gasteiger charge is 2.44. The Hall–Kier alpha value is -2.74. The van der Waals surface area contributed by atoms with E-state index < -0.39 is 0 Å². The maximum atomic E-state index is 12.1. The van der Waals surface area contributed by atoms with E-state index in [2.05, 4.69) is 78.5 Å². The largest absolute Gasteiger partial charge is 0.295 e. The molecule has 0 aliphatic heterocycles. The predicted octanol–water partition coefficient (Wildman–Crippen LogP) is 8.55. The zero-order valence-electron chi connectivity index (χ0n) is 21.5. The van der Waals surface area contributed by atoms with Crippen molar-refractivity contribution in [3.05, 3.63) is 88.6 Å². The van der Waals surface area contributed by atoms with E-state index in [1.807, 2.05) is 18.3 Å². The molecule has 0 amide bonds. The maximum absolute atomic E-state index is 12.1. The van der Waals surface area contributed by atoms with Crippen LogP contribution in [-0.4, -0.2) is 11.5 Å². The smallest absolute Gasteiger partial charge is 0.159 e. The van der Waals surface area contributed by atoms with Crippen molar-refractivity contribution in [1.82, 2.24) is 0 Å². The molecule has 0 saturated heterocycles. The van der Waals surface area contributed by atoms with E-state index >= 15 is 0 Å². The Balaban J connectivity index is 2.01. The number of benzene rings is 2. The van der Waals surface area contributed by atoms with Crippen molar-refractivity contribution in [2.45, 2.75) is 85.0 Å². The lowest BCUT2D eigenvalue weighted by Gasteiger charge is -2.23. The van der Waals surface area contributed by atoms with Crippen LogP contribution in [0.1, 0.15) is 111 Å². The number of carbonyl (C=O) groups is 1. The molecule has 0 bridgehead atoms. The van der Waals surface area contributed by atoms with Gasteiger partial charge in [-0.2, -0.15) is 0 Å². The number of allylic oxidation sites excluding steroid dienone is 2. The minimum absolute atomic E-state index is 0.111. The molecule has 1 saturated carbocycles. The molecule has 2 aromatic carbocycles. The van der Waals surface area contributed by atoms with E-state index in [0.29, 0.717) is 5.92 Å². The van der Waals surface area contributed by atoms with Crippen LogP contribution in [0.4, 0.5) is 0 Å². The first-order valence-electron chi connectivity index (χ1n) is 12.3. The first kappa shape index (κ1) is 24.9. The third-order valence-electron chi connectivity index (χ3n) is 7.52. The first-order valence-corrected chi connectivity index (χ1v) is 12.3. The third-order valence-corrected chi connectivity index (χ3v) is 7.52. The number of rotatable bonds is 9. The summed E-state index contributed by atoms with van der Waals surface area (Å²) in [5, 5.41) is 0. The van der Waals surface area contributed by atoms with Gasteiger partial charge >= 0.3 is 0 Å². The van der Waals surface area contributed by atoms with E-state index in [0.717, 1.165) is 23.3 Å². The Bertz CT molecular complexity index is 1110. The van der Waals surface area contributed by atoms with Crippen LogP contribution in [0.3, 0.4) is 0 Å². The summed E-state index contributed by atoms with van der Waals surface area (Å²) in [4.78, 5) is 17.0. The molecule has 1 fully saturated rings. The molecule has 1 aliphatic rings. The topological polar surface area (TPSA) is 29.4 Å². The molecule has 174 valence electrons. The number of nitrogens with zero attached hydrogens (tertiary/aromatic N) is 1. The number of carbonyl (C=O) groups excluding carboxylic acids is 1. The minimum Gasteiger partial charge on any atom is -0.295 e. The average Bonchev–Trinajstić information content (AvgIpc) is 3.60. The number of hydrogen-bond donors (Lipinski definition) is 0. The van der Waals surface area contributed by atoms with Gasteiger partial charge in [-0.1, -0.05) is 70.7 Å². The van der Waals surface area contributed by atoms with Gasteiger partial charge in [0.25, 0.3) is 0 Å². The maximum Gasteiger partial charge on any atom is 0.159 e. The van der Waals surface area contributed by atoms with Crippen molar-refractivity contribution in [2.24, 2.45) is 4.99 Å². The van der Waals surface area contributed by atoms with Crippen LogP contribution in [-0.2, 0) is 5.41 Å². The van der Waals surface area contributed by atoms with Gasteiger partial charge in [-0.3, -0.25) is 9.79 Å². The van der Waals surface area contributed by atoms with Crippen molar-refractivity contribution in [3.63, 3.8) is 0 Å². The number of hydrogen-bond acceptors (Lipinski definition) is 2. The molecule has 0 spiro atoms. The van der Waals surface area contributed by atoms with E-state index in [1.54, 1.807) is 6.92 Å². The van der Waals surface area contributed by atoms with Crippen molar-refractivity contribution >= 4 is 17.1 Å². The van der Waals surface area contributed by atoms with Crippen LogP contribution < -0.4 is 0 Å². The number of aliphatic imine (C=N–C) groups is 1. The summed E-state index contributed by atoms with van der Waals surface area (Å²) >= 11 is 0. The second kappa shape index (κ2) is 10.0. The predicted molar refractivity (Wildman–Crippen MR) is 143 cm³/mol. The number of ketones is 1. The fourth-order valence-corrected chi connectivity index (χ4v) is 4.64. The van der Waals surface area contributed by atoms with Gasteiger partial charge in [0.2, 0.25) is 0 Å². The summed E-state index contributed by atoms with van der Waals surface area (Å²) in [5.74, 6) is 0.718. The van der Waals surface area contributed by atoms with Crippen molar-refractivity contribution in [1.29, 1.82) is 0 Å². The molecule has 1 aliphatic carbocycles. The monoisotopic (exact) mass is 441 g/mol. The minimum atomic E-state index is 0.111. The van der Waals surface area contributed by atoms with E-state index in [4.69, 9.17) is 4.99 Å². The highest BCUT2D eigenvalue weighted by Crippen LogP contribution is 2.53. The Morgan fingerprint density at radius 3 is 2.36 bits per heavy atom. The second-order valence-electron chi connectivity index (χ2n) is 10.0. The van der Waals surface area contributed by atoms with Crippen LogP contribution in [0.25, 0.3) is 5.57 Å². The Kier molecular flexibility index (Phi) is 7.57. The average molecular weight is 442 g/mol. The van der Waals surface area contributed by atoms with Gasteiger partial charge in [-0.25, -0.2) is 0 Å². The quantitative estimate of drug-likeness (QED) is 0.218. The van der Waals surface area contributed by atoms with Crippen LogP contribution in [0, 0.1) is 6.92 Å². The fourth-order valence-electron chi connectivity index (χ4n) is 4.64. The van der Waals surface area contributed by atoms with Crippen molar-refractivity contribution in [2.75, 3.05) is 0 Å². The van der Waals surface area contributed by atoms with Crippen LogP contribution in [0.2, 0.25) is 0 Å². The van der Waals surface area contributed by atoms with Gasteiger partial charge in [0.1, 0.15) is 0 Å². The molecular formula is C31H39NO. The summed E-state index contributed by atoms with van der Waals surface area (Å²) in [6.45, 7) is 18.8. The molecule has 2 nitrogen and oxygen atoms in total. The van der Waals surface area contributed by atoms with Crippen LogP contribution >= 0.6 is 0 Å². The Morgan fingerprint density at radius 1 is 1.12 bits per heavy atom. The fraction of sp³-hybridized carbons (Fsp3) is 0.419. The summed E-state index contributed by atoms with van der Waals surface area (Å²) in [6, 6.07) is 12.9. The number of aryl methyl sites for hydroxylation is 1. The molecule has 33 heavy (non-hydrogen) atoms. The molecule has 0 aromatic heterocycles. The standard InChI is InChI=1S/C31H39NO/c1-9-25(28-17-26(20(3)4)12-11-21(28)5)19-32-23(7)22(6)29-18-27(24(8)33)13-14-30(29)31(10-2)15-16-31/h9,11-14,17-20,22H,1,10,15-16H2,2-8H3/b25-19+,32-23?. The Labute approximate surface area is 200 Å². The van der Waals surface area contributed by atoms with Crippen molar-refractivity contribution < 1.29 is 4.79 Å². The van der Waals surface area contributed by atoms with E-state index in [1.165, 1.54) is 40.7 Å². The lowest BCUT2D eigenvalue weighted by atomic mass is 9.82. The molecular weight excluding hydrogens is 402 g/mol. The molecule has 2 aromatic rings. The highest BCUT2D eigenvalue weighted by molar-refractivity contribution is 5.96. The normalized spacial score (nSPS) is 16.6. The van der Waals surface area contributed by atoms with Gasteiger partial charge in [-0.15, -0.1) is 0 Å². The van der Waals surface area contributed by atoms with Crippen molar-refractivity contribution in [3.8, 4) is 0 Å². The van der Waals surface area contributed by atoms with Gasteiger partial charge in [0.05, 0.1) is 0 Å². The van der Waals surface area contributed by atoms with Crippen LogP contribution in [0.5, 0.6) is 0 Å². The lowest BCUT2D eigenvalue weighted by Crippen LogP contribution is -2.15. The van der Waals surface area contributed by atoms with Gasteiger partial charge < -0.3 is 0 Å². The molecule has 0 radical (unpaired) electrons. The summed E-state index contributed by atoms with van der Waals surface area (Å²) in [6.07, 6.45) is 7.43. The number of Topliss-reactive ketones (excluding diaryl/α,β-unsaturated/α-hetero) is 1. The van der Waals surface area contributed by atoms with Gasteiger partial charge in [0, 0.05) is 23.4 Å². The van der Waals surface area contributed by atoms with Crippen LogP contribution in [0.15, 0.2) is 60.2 Å². The molecule has 0 N–H and O–H groups in total. The van der Waals surface area contributed by atoms with E-state index in [-0.39, 0.29) is 17.1 Å². The molecule has 0 heterocycles. The first-order chi connectivity index (χ1) is 15.6. The second-order valence-corrected chi connectivity index (χ2v) is 10.0. The third kappa shape index (κ3) is 5.27. The molecule has 2 heteroatoms. The van der Waals surface area contributed by atoms with E-state index in [9.17, 15) is 4.79 Å². The van der Waals surface area contributed by atoms with Gasteiger partial charge in [-0.05, 0) is 90.8 Å². The zero-order chi connectivity index (χ0) is 24.3. The Morgan fingerprint density at radius 2 is 1.82 bits per heavy atom. The molecule has 3 rings (SSSR count). The lowest BCUT2D eigenvalue weighted by molar-refractivity contribution is 0.101. The summed E-state index contributed by atoms with van der Waals surface area (Å²) in [7, 11) is 0. The highest BCUT2D eigenvalue weighted by atomic mass is 16.1.